The molecule has 3 aromatic rings. The number of hydrogen-bond donors (Lipinski definition) is 1. The first kappa shape index (κ1) is 9.06. The van der Waals surface area contributed by atoms with Crippen molar-refractivity contribution in [2.24, 2.45) is 0 Å². The topological polar surface area (TPSA) is 41.6 Å². The SMILES string of the molecule is Brc1ccsc1-c1nc2ccncc2[nH]1. The van der Waals surface area contributed by atoms with E-state index < -0.39 is 0 Å². The molecule has 0 unspecified atom stereocenters. The molecular formula is C10H6BrN3S. The van der Waals surface area contributed by atoms with Gasteiger partial charge in [-0.2, -0.15) is 0 Å². The Balaban J connectivity index is 2.24. The van der Waals surface area contributed by atoms with Crippen LogP contribution in [0.15, 0.2) is 34.4 Å². The van der Waals surface area contributed by atoms with Crippen LogP contribution in [0.3, 0.4) is 0 Å². The Hall–Kier alpha value is -1.20. The van der Waals surface area contributed by atoms with Crippen LogP contribution in [0.5, 0.6) is 0 Å². The number of fused-ring (bicyclic) bond motifs is 1. The second-order valence-electron chi connectivity index (χ2n) is 3.08. The van der Waals surface area contributed by atoms with Crippen molar-refractivity contribution < 1.29 is 0 Å². The molecule has 0 aliphatic rings. The Morgan fingerprint density at radius 3 is 3.00 bits per heavy atom. The number of aromatic nitrogens is 3. The largest absolute Gasteiger partial charge is 0.336 e. The Labute approximate surface area is 98.3 Å². The molecule has 3 rings (SSSR count). The van der Waals surface area contributed by atoms with Gasteiger partial charge < -0.3 is 4.98 Å². The lowest BCUT2D eigenvalue weighted by molar-refractivity contribution is 1.34. The van der Waals surface area contributed by atoms with E-state index in [1.807, 2.05) is 17.5 Å². The zero-order valence-electron chi connectivity index (χ0n) is 7.57. The third kappa shape index (κ3) is 1.48. The average molecular weight is 280 g/mol. The van der Waals surface area contributed by atoms with Crippen LogP contribution in [0.25, 0.3) is 21.7 Å². The maximum atomic E-state index is 4.50. The minimum Gasteiger partial charge on any atom is -0.336 e. The monoisotopic (exact) mass is 279 g/mol. The molecule has 3 nitrogen and oxygen atoms in total. The molecule has 0 bridgehead atoms. The molecule has 0 saturated heterocycles. The molecule has 0 radical (unpaired) electrons. The average Bonchev–Trinajstić information content (AvgIpc) is 2.82. The highest BCUT2D eigenvalue weighted by Crippen LogP contribution is 2.32. The molecule has 3 aromatic heterocycles. The highest BCUT2D eigenvalue weighted by molar-refractivity contribution is 9.10. The lowest BCUT2D eigenvalue weighted by atomic mass is 10.4. The van der Waals surface area contributed by atoms with Crippen LogP contribution in [0.4, 0.5) is 0 Å². The number of halogens is 1. The van der Waals surface area contributed by atoms with Crippen molar-refractivity contribution in [3.05, 3.63) is 34.4 Å². The maximum Gasteiger partial charge on any atom is 0.149 e. The molecule has 3 heterocycles. The van der Waals surface area contributed by atoms with Gasteiger partial charge in [0.1, 0.15) is 5.82 Å². The molecule has 15 heavy (non-hydrogen) atoms. The summed E-state index contributed by atoms with van der Waals surface area (Å²) in [5.41, 5.74) is 1.91. The fourth-order valence-electron chi connectivity index (χ4n) is 1.43. The molecule has 0 atom stereocenters. The van der Waals surface area contributed by atoms with E-state index in [2.05, 4.69) is 30.9 Å². The molecule has 0 fully saturated rings. The minimum atomic E-state index is 0.889. The van der Waals surface area contributed by atoms with E-state index in [1.54, 1.807) is 23.7 Å². The van der Waals surface area contributed by atoms with Crippen LogP contribution in [-0.4, -0.2) is 15.0 Å². The third-order valence-corrected chi connectivity index (χ3v) is 3.96. The van der Waals surface area contributed by atoms with Gasteiger partial charge in [0, 0.05) is 10.7 Å². The molecule has 0 aliphatic carbocycles. The second-order valence-corrected chi connectivity index (χ2v) is 4.85. The van der Waals surface area contributed by atoms with Crippen molar-refractivity contribution in [2.45, 2.75) is 0 Å². The molecule has 0 amide bonds. The minimum absolute atomic E-state index is 0.889. The molecule has 5 heteroatoms. The summed E-state index contributed by atoms with van der Waals surface area (Å²) >= 11 is 5.15. The van der Waals surface area contributed by atoms with Gasteiger partial charge >= 0.3 is 0 Å². The Morgan fingerprint density at radius 1 is 1.33 bits per heavy atom. The Kier molecular flexibility index (Phi) is 2.07. The van der Waals surface area contributed by atoms with E-state index in [0.717, 1.165) is 26.2 Å². The van der Waals surface area contributed by atoms with Crippen LogP contribution in [0.2, 0.25) is 0 Å². The van der Waals surface area contributed by atoms with E-state index in [1.165, 1.54) is 0 Å². The van der Waals surface area contributed by atoms with E-state index >= 15 is 0 Å². The molecule has 0 aliphatic heterocycles. The molecule has 74 valence electrons. The number of imidazole rings is 1. The number of H-pyrrole nitrogens is 1. The van der Waals surface area contributed by atoms with Crippen LogP contribution < -0.4 is 0 Å². The van der Waals surface area contributed by atoms with Crippen molar-refractivity contribution in [1.82, 2.24) is 15.0 Å². The van der Waals surface area contributed by atoms with Crippen molar-refractivity contribution in [1.29, 1.82) is 0 Å². The van der Waals surface area contributed by atoms with E-state index in [-0.39, 0.29) is 0 Å². The summed E-state index contributed by atoms with van der Waals surface area (Å²) in [4.78, 5) is 12.9. The van der Waals surface area contributed by atoms with Gasteiger partial charge in [-0.3, -0.25) is 4.98 Å². The highest BCUT2D eigenvalue weighted by Gasteiger charge is 2.09. The van der Waals surface area contributed by atoms with Gasteiger partial charge in [-0.15, -0.1) is 11.3 Å². The predicted molar refractivity (Wildman–Crippen MR) is 64.9 cm³/mol. The normalized spacial score (nSPS) is 11.0. The van der Waals surface area contributed by atoms with Gasteiger partial charge in [0.15, 0.2) is 0 Å². The summed E-state index contributed by atoms with van der Waals surface area (Å²) in [6.07, 6.45) is 3.53. The summed E-state index contributed by atoms with van der Waals surface area (Å²) in [5, 5.41) is 2.03. The molecule has 1 N–H and O–H groups in total. The van der Waals surface area contributed by atoms with Gasteiger partial charge in [-0.25, -0.2) is 4.98 Å². The first-order chi connectivity index (χ1) is 7.34. The fourth-order valence-corrected chi connectivity index (χ4v) is 2.93. The number of pyridine rings is 1. The van der Waals surface area contributed by atoms with E-state index in [4.69, 9.17) is 0 Å². The van der Waals surface area contributed by atoms with Crippen molar-refractivity contribution in [2.75, 3.05) is 0 Å². The summed E-state index contributed by atoms with van der Waals surface area (Å²) in [6, 6.07) is 3.92. The van der Waals surface area contributed by atoms with Crippen molar-refractivity contribution in [3.63, 3.8) is 0 Å². The maximum absolute atomic E-state index is 4.50. The lowest BCUT2D eigenvalue weighted by Crippen LogP contribution is -1.74. The van der Waals surface area contributed by atoms with Gasteiger partial charge in [0.25, 0.3) is 0 Å². The molecular weight excluding hydrogens is 274 g/mol. The Morgan fingerprint density at radius 2 is 2.27 bits per heavy atom. The van der Waals surface area contributed by atoms with Crippen molar-refractivity contribution in [3.8, 4) is 10.7 Å². The summed E-state index contributed by atoms with van der Waals surface area (Å²) in [5.74, 6) is 0.889. The number of rotatable bonds is 1. The van der Waals surface area contributed by atoms with E-state index in [9.17, 15) is 0 Å². The van der Waals surface area contributed by atoms with Gasteiger partial charge in [0.2, 0.25) is 0 Å². The number of aromatic amines is 1. The smallest absolute Gasteiger partial charge is 0.149 e. The zero-order valence-corrected chi connectivity index (χ0v) is 9.97. The quantitative estimate of drug-likeness (QED) is 0.741. The van der Waals surface area contributed by atoms with Crippen LogP contribution in [-0.2, 0) is 0 Å². The van der Waals surface area contributed by atoms with Crippen LogP contribution in [0.1, 0.15) is 0 Å². The highest BCUT2D eigenvalue weighted by atomic mass is 79.9. The molecule has 0 spiro atoms. The van der Waals surface area contributed by atoms with E-state index in [0.29, 0.717) is 0 Å². The zero-order chi connectivity index (χ0) is 10.3. The first-order valence-electron chi connectivity index (χ1n) is 4.38. The molecule has 0 saturated carbocycles. The summed E-state index contributed by atoms with van der Waals surface area (Å²) in [6.45, 7) is 0. The predicted octanol–water partition coefficient (Wildman–Crippen LogP) is 3.45. The number of hydrogen-bond acceptors (Lipinski definition) is 3. The van der Waals surface area contributed by atoms with Crippen molar-refractivity contribution >= 4 is 38.3 Å². The first-order valence-corrected chi connectivity index (χ1v) is 6.05. The summed E-state index contributed by atoms with van der Waals surface area (Å²) in [7, 11) is 0. The third-order valence-electron chi connectivity index (χ3n) is 2.12. The Bertz CT molecular complexity index is 581. The van der Waals surface area contributed by atoms with Crippen LogP contribution >= 0.6 is 27.3 Å². The lowest BCUT2D eigenvalue weighted by Gasteiger charge is -1.90. The fraction of sp³-hybridized carbons (Fsp3) is 0. The van der Waals surface area contributed by atoms with Gasteiger partial charge in [0.05, 0.1) is 22.1 Å². The number of thiophene rings is 1. The number of nitrogens with zero attached hydrogens (tertiary/aromatic N) is 2. The van der Waals surface area contributed by atoms with Crippen LogP contribution in [0, 0.1) is 0 Å². The summed E-state index contributed by atoms with van der Waals surface area (Å²) < 4.78 is 1.07. The standard InChI is InChI=1S/C10H6BrN3S/c11-6-2-4-15-9(6)10-13-7-1-3-12-5-8(7)14-10/h1-5H,(H,13,14). The van der Waals surface area contributed by atoms with Gasteiger partial charge in [-0.05, 0) is 33.4 Å². The molecule has 0 aromatic carbocycles. The number of nitrogens with one attached hydrogen (secondary N) is 1. The van der Waals surface area contributed by atoms with Gasteiger partial charge in [-0.1, -0.05) is 0 Å². The second kappa shape index (κ2) is 3.43.